The van der Waals surface area contributed by atoms with Gasteiger partial charge in [0, 0.05) is 17.3 Å². The fraction of sp³-hybridized carbons (Fsp3) is 0.0417. The van der Waals surface area contributed by atoms with Gasteiger partial charge in [-0.05, 0) is 42.5 Å². The van der Waals surface area contributed by atoms with Crippen molar-refractivity contribution in [2.45, 2.75) is 6.54 Å². The second-order valence-electron chi connectivity index (χ2n) is 7.70. The summed E-state index contributed by atoms with van der Waals surface area (Å²) in [5.74, 6) is -1.75. The topological polar surface area (TPSA) is 91.1 Å². The van der Waals surface area contributed by atoms with Crippen molar-refractivity contribution >= 4 is 28.2 Å². The van der Waals surface area contributed by atoms with Crippen LogP contribution in [-0.2, 0) is 6.54 Å². The van der Waals surface area contributed by atoms with E-state index >= 15 is 0 Å². The molecule has 6 aromatic rings. The monoisotopic (exact) mass is 490 g/mol. The Morgan fingerprint density at radius 2 is 1.89 bits per heavy atom. The minimum absolute atomic E-state index is 0.0439. The third-order valence-corrected chi connectivity index (χ3v) is 5.79. The van der Waals surface area contributed by atoms with Gasteiger partial charge < -0.3 is 4.52 Å². The van der Waals surface area contributed by atoms with E-state index in [0.717, 1.165) is 12.1 Å². The molecule has 0 saturated heterocycles. The maximum absolute atomic E-state index is 14.2. The van der Waals surface area contributed by atoms with Crippen molar-refractivity contribution in [2.24, 2.45) is 0 Å². The smallest absolute Gasteiger partial charge is 0.279 e. The van der Waals surface area contributed by atoms with Gasteiger partial charge in [-0.2, -0.15) is 4.98 Å². The molecule has 172 valence electrons. The lowest BCUT2D eigenvalue weighted by Crippen LogP contribution is -2.24. The largest absolute Gasteiger partial charge is 0.332 e. The molecule has 0 radical (unpaired) electrons. The maximum atomic E-state index is 14.2. The highest BCUT2D eigenvalue weighted by Crippen LogP contribution is 2.28. The first-order valence-electron chi connectivity index (χ1n) is 10.4. The quantitative estimate of drug-likeness (QED) is 0.354. The first-order valence-corrected chi connectivity index (χ1v) is 10.8. The Morgan fingerprint density at radius 3 is 2.69 bits per heavy atom. The molecule has 0 aliphatic rings. The van der Waals surface area contributed by atoms with Crippen LogP contribution in [-0.4, -0.2) is 29.1 Å². The van der Waals surface area contributed by atoms with Crippen molar-refractivity contribution in [3.8, 4) is 23.0 Å². The van der Waals surface area contributed by atoms with Crippen LogP contribution < -0.4 is 5.56 Å². The van der Waals surface area contributed by atoms with Gasteiger partial charge in [-0.25, -0.2) is 13.8 Å². The van der Waals surface area contributed by atoms with Gasteiger partial charge in [0.25, 0.3) is 11.4 Å². The summed E-state index contributed by atoms with van der Waals surface area (Å²) in [5.41, 5.74) is 1.82. The number of benzene rings is 2. The van der Waals surface area contributed by atoms with Crippen molar-refractivity contribution in [2.75, 3.05) is 0 Å². The molecule has 6 rings (SSSR count). The zero-order chi connectivity index (χ0) is 24.1. The number of pyridine rings is 1. The van der Waals surface area contributed by atoms with Gasteiger partial charge >= 0.3 is 0 Å². The number of fused-ring (bicyclic) bond motifs is 3. The van der Waals surface area contributed by atoms with Crippen LogP contribution in [0.3, 0.4) is 0 Å². The van der Waals surface area contributed by atoms with Crippen molar-refractivity contribution in [1.29, 1.82) is 0 Å². The Hall–Kier alpha value is -4.44. The minimum Gasteiger partial charge on any atom is -0.332 e. The predicted molar refractivity (Wildman–Crippen MR) is 124 cm³/mol. The van der Waals surface area contributed by atoms with Gasteiger partial charge in [0.2, 0.25) is 5.82 Å². The van der Waals surface area contributed by atoms with E-state index in [1.165, 1.54) is 12.4 Å². The van der Waals surface area contributed by atoms with E-state index in [1.54, 1.807) is 39.4 Å². The maximum Gasteiger partial charge on any atom is 0.279 e. The Labute approximate surface area is 200 Å². The van der Waals surface area contributed by atoms with Gasteiger partial charge in [0.15, 0.2) is 5.69 Å². The van der Waals surface area contributed by atoms with Crippen molar-refractivity contribution in [1.82, 2.24) is 29.1 Å². The summed E-state index contributed by atoms with van der Waals surface area (Å²) >= 11 is 6.24. The van der Waals surface area contributed by atoms with Crippen molar-refractivity contribution in [3.63, 3.8) is 0 Å². The number of rotatable bonds is 4. The van der Waals surface area contributed by atoms with Crippen LogP contribution in [0.4, 0.5) is 8.78 Å². The third kappa shape index (κ3) is 3.55. The van der Waals surface area contributed by atoms with Crippen molar-refractivity contribution in [3.05, 3.63) is 99.8 Å². The SMILES string of the molecule is O=c1c2c(-c3nc(-c4ccc(F)cc4F)no3)ncn2c2ccc(Cl)cc2n1Cc1ccccn1. The number of imidazole rings is 1. The summed E-state index contributed by atoms with van der Waals surface area (Å²) in [6.45, 7) is 0.188. The number of aromatic nitrogens is 6. The number of halogens is 3. The average Bonchev–Trinajstić information content (AvgIpc) is 3.50. The van der Waals surface area contributed by atoms with Gasteiger partial charge in [0.1, 0.15) is 23.5 Å². The molecule has 8 nitrogen and oxygen atoms in total. The molecule has 0 aliphatic carbocycles. The highest BCUT2D eigenvalue weighted by atomic mass is 35.5. The zero-order valence-electron chi connectivity index (χ0n) is 17.7. The molecule has 0 amide bonds. The zero-order valence-corrected chi connectivity index (χ0v) is 18.4. The van der Waals surface area contributed by atoms with Crippen LogP contribution in [0.2, 0.25) is 5.02 Å². The molecule has 0 unspecified atom stereocenters. The fourth-order valence-corrected chi connectivity index (χ4v) is 4.12. The summed E-state index contributed by atoms with van der Waals surface area (Å²) in [5, 5.41) is 4.27. The Morgan fingerprint density at radius 1 is 1.00 bits per heavy atom. The summed E-state index contributed by atoms with van der Waals surface area (Å²) in [7, 11) is 0. The normalized spacial score (nSPS) is 11.5. The Kier molecular flexibility index (Phi) is 4.89. The van der Waals surface area contributed by atoms with E-state index in [2.05, 4.69) is 20.1 Å². The fourth-order valence-electron chi connectivity index (χ4n) is 3.96. The first-order chi connectivity index (χ1) is 17.0. The van der Waals surface area contributed by atoms with Crippen LogP contribution in [0.5, 0.6) is 0 Å². The van der Waals surface area contributed by atoms with E-state index in [1.807, 2.05) is 12.1 Å². The molecule has 0 fully saturated rings. The summed E-state index contributed by atoms with van der Waals surface area (Å²) in [6.07, 6.45) is 3.11. The average molecular weight is 491 g/mol. The van der Waals surface area contributed by atoms with Gasteiger partial charge in [-0.1, -0.05) is 22.8 Å². The molecular weight excluding hydrogens is 478 g/mol. The van der Waals surface area contributed by atoms with Crippen LogP contribution in [0.15, 0.2) is 76.4 Å². The Bertz CT molecular complexity index is 1800. The molecule has 0 saturated carbocycles. The van der Waals surface area contributed by atoms with Crippen LogP contribution in [0, 0.1) is 11.6 Å². The number of hydrogen-bond donors (Lipinski definition) is 0. The van der Waals surface area contributed by atoms with E-state index < -0.39 is 11.6 Å². The minimum atomic E-state index is -0.840. The van der Waals surface area contributed by atoms with E-state index in [9.17, 15) is 13.6 Å². The van der Waals surface area contributed by atoms with E-state index in [4.69, 9.17) is 16.1 Å². The van der Waals surface area contributed by atoms with Crippen LogP contribution in [0.25, 0.3) is 39.5 Å². The highest BCUT2D eigenvalue weighted by Gasteiger charge is 2.23. The van der Waals surface area contributed by atoms with Crippen LogP contribution >= 0.6 is 11.6 Å². The molecule has 2 aromatic carbocycles. The lowest BCUT2D eigenvalue weighted by Gasteiger charge is -2.12. The second kappa shape index (κ2) is 8.10. The van der Waals surface area contributed by atoms with Crippen molar-refractivity contribution < 1.29 is 13.3 Å². The highest BCUT2D eigenvalue weighted by molar-refractivity contribution is 6.31. The molecule has 35 heavy (non-hydrogen) atoms. The molecule has 0 atom stereocenters. The predicted octanol–water partition coefficient (Wildman–Crippen LogP) is 4.74. The second-order valence-corrected chi connectivity index (χ2v) is 8.14. The molecule has 0 N–H and O–H groups in total. The molecule has 0 bridgehead atoms. The molecule has 0 aliphatic heterocycles. The third-order valence-electron chi connectivity index (χ3n) is 5.55. The Balaban J connectivity index is 1.57. The molecule has 4 heterocycles. The number of hydrogen-bond acceptors (Lipinski definition) is 6. The summed E-state index contributed by atoms with van der Waals surface area (Å²) in [4.78, 5) is 26.6. The van der Waals surface area contributed by atoms with E-state index in [-0.39, 0.29) is 40.6 Å². The first kappa shape index (κ1) is 21.1. The molecule has 11 heteroatoms. The van der Waals surface area contributed by atoms with Gasteiger partial charge in [0.05, 0.1) is 28.8 Å². The van der Waals surface area contributed by atoms with E-state index in [0.29, 0.717) is 21.7 Å². The molecule has 4 aromatic heterocycles. The molecule has 0 spiro atoms. The number of nitrogens with zero attached hydrogens (tertiary/aromatic N) is 6. The summed E-state index contributed by atoms with van der Waals surface area (Å²) in [6, 6.07) is 13.6. The molecular formula is C24H13ClF2N6O2. The van der Waals surface area contributed by atoms with Crippen LogP contribution in [0.1, 0.15) is 5.69 Å². The lowest BCUT2D eigenvalue weighted by molar-refractivity contribution is 0.431. The van der Waals surface area contributed by atoms with Gasteiger partial charge in [-0.3, -0.25) is 18.7 Å². The lowest BCUT2D eigenvalue weighted by atomic mass is 10.2. The van der Waals surface area contributed by atoms with Gasteiger partial charge in [-0.15, -0.1) is 0 Å². The standard InChI is InChI=1S/C24H13ClF2N6O2/c25-13-4-7-18-19(9-13)32(11-15-3-1-2-8-28-15)24(34)21-20(29-12-33(18)21)23-30-22(31-35-23)16-6-5-14(26)10-17(16)27/h1-10,12H,11H2. The summed E-state index contributed by atoms with van der Waals surface area (Å²) < 4.78 is 36.0.